The van der Waals surface area contributed by atoms with Gasteiger partial charge in [0.25, 0.3) is 0 Å². The molecule has 1 aromatic carbocycles. The van der Waals surface area contributed by atoms with Crippen molar-refractivity contribution in [2.24, 2.45) is 0 Å². The van der Waals surface area contributed by atoms with Gasteiger partial charge in [-0.25, -0.2) is 0 Å². The van der Waals surface area contributed by atoms with Gasteiger partial charge in [-0.05, 0) is 30.7 Å². The van der Waals surface area contributed by atoms with Crippen LogP contribution in [-0.2, 0) is 19.8 Å². The Morgan fingerprint density at radius 1 is 0.895 bits per heavy atom. The molecule has 0 spiro atoms. The fourth-order valence-electron chi connectivity index (χ4n) is 3.24. The summed E-state index contributed by atoms with van der Waals surface area (Å²) in [5.74, 6) is 0. The van der Waals surface area contributed by atoms with Crippen molar-refractivity contribution in [1.82, 2.24) is 15.0 Å². The van der Waals surface area contributed by atoms with Gasteiger partial charge in [0.15, 0.2) is 0 Å². The Bertz CT molecular complexity index is 1320. The molecule has 0 aliphatic heterocycles. The molecule has 0 unspecified atom stereocenters. The first-order valence-corrected chi connectivity index (χ1v) is 11.8. The predicted molar refractivity (Wildman–Crippen MR) is 154 cm³/mol. The van der Waals surface area contributed by atoms with E-state index in [0.717, 1.165) is 22.5 Å². The molecule has 0 saturated carbocycles. The number of pyridine rings is 3. The third-order valence-corrected chi connectivity index (χ3v) is 4.99. The van der Waals surface area contributed by atoms with Crippen LogP contribution in [0.1, 0.15) is 17.7 Å². The van der Waals surface area contributed by atoms with E-state index in [2.05, 4.69) is 46.7 Å². The summed E-state index contributed by atoms with van der Waals surface area (Å²) in [5, 5.41) is 9.41. The van der Waals surface area contributed by atoms with Crippen LogP contribution in [0.25, 0.3) is 39.4 Å². The zero-order valence-corrected chi connectivity index (χ0v) is 23.6. The van der Waals surface area contributed by atoms with Crippen LogP contribution in [-0.4, -0.2) is 20.7 Å². The Morgan fingerprint density at radius 2 is 1.47 bits per heavy atom. The van der Waals surface area contributed by atoms with Gasteiger partial charge in [0.2, 0.25) is 0 Å². The van der Waals surface area contributed by atoms with Crippen molar-refractivity contribution in [3.63, 3.8) is 0 Å². The summed E-state index contributed by atoms with van der Waals surface area (Å²) in [4.78, 5) is 12.8. The molecule has 5 nitrogen and oxygen atoms in total. The second-order valence-electron chi connectivity index (χ2n) is 7.93. The van der Waals surface area contributed by atoms with Crippen LogP contribution in [0.4, 0.5) is 0 Å². The molecule has 0 amide bonds. The molecule has 0 aliphatic rings. The van der Waals surface area contributed by atoms with Crippen molar-refractivity contribution in [2.75, 3.05) is 0 Å². The van der Waals surface area contributed by atoms with Crippen LogP contribution >= 0.6 is 0 Å². The SMILES string of the molecule is C=C/C=C\C(=[N-])C/C=C\C=C(/[NH-])c1ccccn1.Cc1cc(-c2ccccn2)[c-]c(-c2ccccn2)c1.[Os]. The third kappa shape index (κ3) is 10.0. The van der Waals surface area contributed by atoms with Gasteiger partial charge in [0.05, 0.1) is 0 Å². The average molecular weight is 673 g/mol. The molecule has 192 valence electrons. The summed E-state index contributed by atoms with van der Waals surface area (Å²) in [5.41, 5.74) is 14.0. The standard InChI is InChI=1S/C17H13N2.C15H15N3.Os/c1-13-10-14(16-6-2-4-8-18-16)12-15(11-13)17-7-3-5-9-19-17;1-2-3-8-13(16)9-4-5-10-14(17)15-11-6-7-12-18-15;/h2-11H,1H3;2-8,10-12,17H,1,9H2;/q-1;-2;/b;5-4-,8-3-,14-10-;. The smallest absolute Gasteiger partial charge is 0.0478 e. The Kier molecular flexibility index (Phi) is 13.0. The Morgan fingerprint density at radius 3 is 1.97 bits per heavy atom. The van der Waals surface area contributed by atoms with E-state index >= 15 is 0 Å². The third-order valence-electron chi connectivity index (χ3n) is 4.99. The van der Waals surface area contributed by atoms with E-state index in [4.69, 9.17) is 5.73 Å². The predicted octanol–water partition coefficient (Wildman–Crippen LogP) is 8.09. The minimum Gasteiger partial charge on any atom is -0.807 e. The van der Waals surface area contributed by atoms with Crippen LogP contribution in [0.5, 0.6) is 0 Å². The maximum absolute atomic E-state index is 9.41. The number of allylic oxidation sites excluding steroid dienone is 6. The molecule has 0 bridgehead atoms. The summed E-state index contributed by atoms with van der Waals surface area (Å²) in [6.07, 6.45) is 15.7. The fraction of sp³-hybridized carbons (Fsp3) is 0.0625. The van der Waals surface area contributed by atoms with Crippen LogP contribution in [0, 0.1) is 13.0 Å². The van der Waals surface area contributed by atoms with E-state index in [9.17, 15) is 5.41 Å². The summed E-state index contributed by atoms with van der Waals surface area (Å²) in [6, 6.07) is 24.8. The van der Waals surface area contributed by atoms with Crippen LogP contribution in [0.3, 0.4) is 0 Å². The molecule has 1 N–H and O–H groups in total. The number of hydrogen-bond acceptors (Lipinski definition) is 3. The van der Waals surface area contributed by atoms with Gasteiger partial charge in [-0.1, -0.05) is 91.4 Å². The molecule has 0 saturated heterocycles. The molecule has 4 rings (SSSR count). The van der Waals surface area contributed by atoms with Gasteiger partial charge >= 0.3 is 0 Å². The first-order chi connectivity index (χ1) is 18.1. The van der Waals surface area contributed by atoms with Gasteiger partial charge in [-0.3, -0.25) is 15.0 Å². The molecule has 0 aliphatic carbocycles. The van der Waals surface area contributed by atoms with E-state index in [0.29, 0.717) is 17.8 Å². The number of aromatic nitrogens is 3. The van der Waals surface area contributed by atoms with Crippen molar-refractivity contribution in [2.45, 2.75) is 13.3 Å². The summed E-state index contributed by atoms with van der Waals surface area (Å²) < 4.78 is 0. The quantitative estimate of drug-likeness (QED) is 0.108. The fourth-order valence-corrected chi connectivity index (χ4v) is 3.24. The van der Waals surface area contributed by atoms with Crippen LogP contribution in [0.2, 0.25) is 0 Å². The number of benzene rings is 1. The average Bonchev–Trinajstić information content (AvgIpc) is 2.95. The molecule has 0 fully saturated rings. The van der Waals surface area contributed by atoms with Crippen LogP contribution in [0.15, 0.2) is 128 Å². The topological polar surface area (TPSA) is 84.8 Å². The maximum atomic E-state index is 9.41. The maximum Gasteiger partial charge on any atom is 0.0478 e. The zero-order chi connectivity index (χ0) is 26.3. The van der Waals surface area contributed by atoms with Crippen molar-refractivity contribution in [3.05, 3.63) is 157 Å². The van der Waals surface area contributed by atoms with Crippen molar-refractivity contribution in [3.8, 4) is 22.5 Å². The largest absolute Gasteiger partial charge is 0.807 e. The van der Waals surface area contributed by atoms with Crippen molar-refractivity contribution < 1.29 is 19.8 Å². The molecule has 3 heterocycles. The molecule has 6 heteroatoms. The number of rotatable bonds is 8. The second kappa shape index (κ2) is 16.5. The second-order valence-corrected chi connectivity index (χ2v) is 7.93. The number of hydrogen-bond donors (Lipinski definition) is 0. The summed E-state index contributed by atoms with van der Waals surface area (Å²) in [7, 11) is 0. The monoisotopic (exact) mass is 674 g/mol. The molecule has 38 heavy (non-hydrogen) atoms. The Balaban J connectivity index is 0.000000261. The van der Waals surface area contributed by atoms with Gasteiger partial charge < -0.3 is 11.1 Å². The van der Waals surface area contributed by atoms with E-state index in [1.165, 1.54) is 5.56 Å². The molecule has 3 aromatic heterocycles. The van der Waals surface area contributed by atoms with E-state index < -0.39 is 0 Å². The van der Waals surface area contributed by atoms with Gasteiger partial charge in [0.1, 0.15) is 0 Å². The Labute approximate surface area is 238 Å². The molecular formula is C32H28N5Os-3. The van der Waals surface area contributed by atoms with Gasteiger partial charge in [-0.15, -0.1) is 29.5 Å². The first-order valence-electron chi connectivity index (χ1n) is 11.8. The zero-order valence-electron chi connectivity index (χ0n) is 21.1. The molecular weight excluding hydrogens is 645 g/mol. The minimum absolute atomic E-state index is 0. The Hall–Kier alpha value is -4.26. The van der Waals surface area contributed by atoms with Gasteiger partial charge in [0, 0.05) is 55.5 Å². The molecule has 0 radical (unpaired) electrons. The number of aryl methyl sites for hydroxylation is 1. The summed E-state index contributed by atoms with van der Waals surface area (Å²) >= 11 is 0. The van der Waals surface area contributed by atoms with E-state index in [1.54, 1.807) is 61.1 Å². The normalized spacial score (nSPS) is 10.9. The van der Waals surface area contributed by atoms with Crippen LogP contribution < -0.4 is 0 Å². The number of nitrogens with zero attached hydrogens (tertiary/aromatic N) is 4. The van der Waals surface area contributed by atoms with Gasteiger partial charge in [-0.2, -0.15) is 5.71 Å². The first kappa shape index (κ1) is 30.0. The van der Waals surface area contributed by atoms with Crippen molar-refractivity contribution in [1.29, 1.82) is 0 Å². The molecule has 0 atom stereocenters. The van der Waals surface area contributed by atoms with Crippen molar-refractivity contribution >= 4 is 11.4 Å². The minimum atomic E-state index is 0. The molecule has 4 aromatic rings. The van der Waals surface area contributed by atoms with E-state index in [1.807, 2.05) is 48.5 Å². The summed E-state index contributed by atoms with van der Waals surface area (Å²) in [6.45, 7) is 5.59. The van der Waals surface area contributed by atoms with E-state index in [-0.39, 0.29) is 25.5 Å². The number of nitrogens with one attached hydrogen (secondary N) is 1.